The minimum atomic E-state index is -2.36. The third kappa shape index (κ3) is 2.68. The molecule has 16 heavy (non-hydrogen) atoms. The number of hydrogen-bond donors (Lipinski definition) is 0. The summed E-state index contributed by atoms with van der Waals surface area (Å²) in [7, 11) is 0. The molecule has 1 atom stereocenters. The second-order valence-electron chi connectivity index (χ2n) is 3.20. The van der Waals surface area contributed by atoms with E-state index < -0.39 is 34.9 Å². The van der Waals surface area contributed by atoms with Gasteiger partial charge in [-0.05, 0) is 12.1 Å². The molecule has 0 N–H and O–H groups in total. The second kappa shape index (κ2) is 4.92. The Morgan fingerprint density at radius 3 is 2.12 bits per heavy atom. The van der Waals surface area contributed by atoms with Crippen molar-refractivity contribution in [2.75, 3.05) is 0 Å². The van der Waals surface area contributed by atoms with Crippen LogP contribution in [0, 0.1) is 11.6 Å². The van der Waals surface area contributed by atoms with Crippen molar-refractivity contribution in [3.05, 3.63) is 35.4 Å². The fourth-order valence-electron chi connectivity index (χ4n) is 1.17. The Hall–Kier alpha value is -1.65. The van der Waals surface area contributed by atoms with Gasteiger partial charge in [0.2, 0.25) is 12.0 Å². The molecule has 1 aromatic rings. The molecular formula is C11H9F3O2. The summed E-state index contributed by atoms with van der Waals surface area (Å²) in [5.41, 5.74) is -0.480. The van der Waals surface area contributed by atoms with Crippen LogP contribution in [0.25, 0.3) is 0 Å². The van der Waals surface area contributed by atoms with Crippen LogP contribution in [0.1, 0.15) is 23.7 Å². The molecule has 1 unspecified atom stereocenters. The number of benzene rings is 1. The van der Waals surface area contributed by atoms with E-state index >= 15 is 0 Å². The molecule has 1 aromatic carbocycles. The molecule has 0 fully saturated rings. The average Bonchev–Trinajstić information content (AvgIpc) is 2.24. The quantitative estimate of drug-likeness (QED) is 0.588. The summed E-state index contributed by atoms with van der Waals surface area (Å²) in [6, 6.07) is 1.95. The van der Waals surface area contributed by atoms with Gasteiger partial charge in [0.1, 0.15) is 11.6 Å². The van der Waals surface area contributed by atoms with E-state index in [0.717, 1.165) is 0 Å². The number of carbonyl (C=O) groups excluding carboxylic acids is 2. The fraction of sp³-hybridized carbons (Fsp3) is 0.273. The zero-order valence-corrected chi connectivity index (χ0v) is 8.47. The lowest BCUT2D eigenvalue weighted by atomic mass is 10.0. The van der Waals surface area contributed by atoms with E-state index in [1.165, 1.54) is 6.92 Å². The van der Waals surface area contributed by atoms with E-state index in [-0.39, 0.29) is 6.42 Å². The highest BCUT2D eigenvalue weighted by Crippen LogP contribution is 2.12. The van der Waals surface area contributed by atoms with Gasteiger partial charge in [-0.1, -0.05) is 6.92 Å². The van der Waals surface area contributed by atoms with Crippen molar-refractivity contribution in [2.24, 2.45) is 0 Å². The van der Waals surface area contributed by atoms with Crippen molar-refractivity contribution in [3.63, 3.8) is 0 Å². The van der Waals surface area contributed by atoms with Gasteiger partial charge in [-0.15, -0.1) is 0 Å². The predicted octanol–water partition coefficient (Wildman–Crippen LogP) is 2.46. The van der Waals surface area contributed by atoms with Crippen LogP contribution in [-0.2, 0) is 4.79 Å². The van der Waals surface area contributed by atoms with Gasteiger partial charge in [0, 0.05) is 18.1 Å². The Balaban J connectivity index is 3.00. The Labute approximate surface area is 90.1 Å². The minimum absolute atomic E-state index is 0.148. The van der Waals surface area contributed by atoms with Crippen LogP contribution in [0.15, 0.2) is 18.2 Å². The van der Waals surface area contributed by atoms with Gasteiger partial charge in [-0.25, -0.2) is 13.2 Å². The maximum absolute atomic E-state index is 13.2. The summed E-state index contributed by atoms with van der Waals surface area (Å²) < 4.78 is 38.7. The molecule has 0 saturated heterocycles. The van der Waals surface area contributed by atoms with Gasteiger partial charge in [0.25, 0.3) is 0 Å². The first-order valence-corrected chi connectivity index (χ1v) is 4.62. The molecule has 0 radical (unpaired) electrons. The van der Waals surface area contributed by atoms with Gasteiger partial charge < -0.3 is 0 Å². The minimum Gasteiger partial charge on any atom is -0.296 e. The van der Waals surface area contributed by atoms with E-state index in [2.05, 4.69) is 0 Å². The molecule has 86 valence electrons. The van der Waals surface area contributed by atoms with Gasteiger partial charge in [0.15, 0.2) is 5.78 Å². The number of ketones is 2. The zero-order chi connectivity index (χ0) is 12.3. The van der Waals surface area contributed by atoms with Crippen LogP contribution in [0.3, 0.4) is 0 Å². The Morgan fingerprint density at radius 1 is 1.19 bits per heavy atom. The lowest BCUT2D eigenvalue weighted by Crippen LogP contribution is -2.25. The highest BCUT2D eigenvalue weighted by Gasteiger charge is 2.26. The third-order valence-electron chi connectivity index (χ3n) is 2.01. The van der Waals surface area contributed by atoms with E-state index in [1.54, 1.807) is 0 Å². The average molecular weight is 230 g/mol. The SMILES string of the molecule is CCC(=O)C(F)C(=O)c1cc(F)cc(F)c1. The molecule has 0 aliphatic heterocycles. The summed E-state index contributed by atoms with van der Waals surface area (Å²) in [5.74, 6) is -4.10. The van der Waals surface area contributed by atoms with Crippen LogP contribution in [0.2, 0.25) is 0 Å². The monoisotopic (exact) mass is 230 g/mol. The first kappa shape index (κ1) is 12.4. The van der Waals surface area contributed by atoms with E-state index in [0.29, 0.717) is 18.2 Å². The first-order chi connectivity index (χ1) is 7.45. The molecule has 0 saturated carbocycles. The molecule has 2 nitrogen and oxygen atoms in total. The Morgan fingerprint density at radius 2 is 1.69 bits per heavy atom. The normalized spacial score (nSPS) is 12.2. The summed E-state index contributed by atoms with van der Waals surface area (Å²) in [4.78, 5) is 22.2. The molecule has 0 aliphatic carbocycles. The summed E-state index contributed by atoms with van der Waals surface area (Å²) >= 11 is 0. The number of hydrogen-bond acceptors (Lipinski definition) is 2. The van der Waals surface area contributed by atoms with Crippen LogP contribution >= 0.6 is 0 Å². The van der Waals surface area contributed by atoms with Crippen molar-refractivity contribution >= 4 is 11.6 Å². The maximum atomic E-state index is 13.2. The number of alkyl halides is 1. The van der Waals surface area contributed by atoms with Crippen LogP contribution in [0.4, 0.5) is 13.2 Å². The van der Waals surface area contributed by atoms with Gasteiger partial charge in [-0.3, -0.25) is 9.59 Å². The number of rotatable bonds is 4. The molecule has 0 bridgehead atoms. The summed E-state index contributed by atoms with van der Waals surface area (Å²) in [5, 5.41) is 0. The molecule has 0 aromatic heterocycles. The van der Waals surface area contributed by atoms with E-state index in [9.17, 15) is 22.8 Å². The number of Topliss-reactive ketones (excluding diaryl/α,β-unsaturated/α-hetero) is 2. The van der Waals surface area contributed by atoms with Crippen molar-refractivity contribution in [2.45, 2.75) is 19.5 Å². The van der Waals surface area contributed by atoms with Crippen LogP contribution < -0.4 is 0 Å². The lowest BCUT2D eigenvalue weighted by molar-refractivity contribution is -0.121. The predicted molar refractivity (Wildman–Crippen MR) is 50.9 cm³/mol. The molecule has 1 rings (SSSR count). The standard InChI is InChI=1S/C11H9F3O2/c1-2-9(15)10(14)11(16)6-3-7(12)5-8(13)4-6/h3-5,10H,2H2,1H3. The van der Waals surface area contributed by atoms with Gasteiger partial charge >= 0.3 is 0 Å². The lowest BCUT2D eigenvalue weighted by Gasteiger charge is -2.05. The third-order valence-corrected chi connectivity index (χ3v) is 2.01. The highest BCUT2D eigenvalue weighted by atomic mass is 19.1. The highest BCUT2D eigenvalue weighted by molar-refractivity contribution is 6.13. The molecular weight excluding hydrogens is 221 g/mol. The van der Waals surface area contributed by atoms with Gasteiger partial charge in [0.05, 0.1) is 0 Å². The van der Waals surface area contributed by atoms with Crippen LogP contribution in [-0.4, -0.2) is 17.7 Å². The van der Waals surface area contributed by atoms with Gasteiger partial charge in [-0.2, -0.15) is 0 Å². The molecule has 0 amide bonds. The topological polar surface area (TPSA) is 34.1 Å². The fourth-order valence-corrected chi connectivity index (χ4v) is 1.17. The maximum Gasteiger partial charge on any atom is 0.220 e. The largest absolute Gasteiger partial charge is 0.296 e. The summed E-state index contributed by atoms with van der Waals surface area (Å²) in [6.07, 6.45) is -2.50. The second-order valence-corrected chi connectivity index (χ2v) is 3.20. The van der Waals surface area contributed by atoms with Crippen molar-refractivity contribution < 1.29 is 22.8 Å². The summed E-state index contributed by atoms with van der Waals surface area (Å²) in [6.45, 7) is 1.40. The van der Waals surface area contributed by atoms with Crippen molar-refractivity contribution in [3.8, 4) is 0 Å². The first-order valence-electron chi connectivity index (χ1n) is 4.62. The zero-order valence-electron chi connectivity index (χ0n) is 8.47. The number of carbonyl (C=O) groups is 2. The molecule has 0 aliphatic rings. The van der Waals surface area contributed by atoms with Crippen LogP contribution in [0.5, 0.6) is 0 Å². The Bertz CT molecular complexity index is 409. The molecule has 0 heterocycles. The van der Waals surface area contributed by atoms with E-state index in [4.69, 9.17) is 0 Å². The smallest absolute Gasteiger partial charge is 0.220 e. The van der Waals surface area contributed by atoms with Crippen molar-refractivity contribution in [1.82, 2.24) is 0 Å². The molecule has 0 spiro atoms. The number of halogens is 3. The van der Waals surface area contributed by atoms with E-state index in [1.807, 2.05) is 0 Å². The molecule has 5 heteroatoms. The Kier molecular flexibility index (Phi) is 3.82. The van der Waals surface area contributed by atoms with Crippen molar-refractivity contribution in [1.29, 1.82) is 0 Å².